The minimum absolute atomic E-state index is 0.216. The summed E-state index contributed by atoms with van der Waals surface area (Å²) in [6, 6.07) is 0. The Hall–Kier alpha value is -0.940. The first-order valence-corrected chi connectivity index (χ1v) is 5.19. The molecule has 0 saturated heterocycles. The second-order valence-corrected chi connectivity index (χ2v) is 3.83. The minimum Gasteiger partial charge on any atom is -0.466 e. The Labute approximate surface area is 89.9 Å². The fraction of sp³-hybridized carbons (Fsp3) is 0.375. The number of rotatable bonds is 4. The Bertz CT molecular complexity index is 350. The van der Waals surface area contributed by atoms with Crippen molar-refractivity contribution >= 4 is 34.7 Å². The van der Waals surface area contributed by atoms with Crippen molar-refractivity contribution < 1.29 is 14.3 Å². The second kappa shape index (κ2) is 5.07. The highest BCUT2D eigenvalue weighted by molar-refractivity contribution is 7.14. The van der Waals surface area contributed by atoms with E-state index in [4.69, 9.17) is 11.6 Å². The molecule has 0 saturated carbocycles. The van der Waals surface area contributed by atoms with Gasteiger partial charge >= 0.3 is 5.97 Å². The van der Waals surface area contributed by atoms with Gasteiger partial charge in [-0.15, -0.1) is 11.3 Å². The molecule has 1 aromatic rings. The number of aromatic nitrogens is 1. The first-order chi connectivity index (χ1) is 6.63. The number of halogens is 1. The Balaban J connectivity index is 2.55. The van der Waals surface area contributed by atoms with Crippen LogP contribution in [0.15, 0.2) is 5.38 Å². The van der Waals surface area contributed by atoms with Crippen molar-refractivity contribution in [2.45, 2.75) is 13.3 Å². The number of nitrogens with zero attached hydrogens (tertiary/aromatic N) is 1. The third-order valence-corrected chi connectivity index (χ3v) is 2.35. The summed E-state index contributed by atoms with van der Waals surface area (Å²) in [6.45, 7) is 1.95. The van der Waals surface area contributed by atoms with Gasteiger partial charge in [-0.2, -0.15) is 0 Å². The standard InChI is InChI=1S/C8H8ClNO3S/c1-2-13-7(12)3-6(11)5-4-14-8(9)10-5/h4H,2-3H2,1H3. The topological polar surface area (TPSA) is 56.3 Å². The van der Waals surface area contributed by atoms with E-state index in [0.717, 1.165) is 11.3 Å². The molecule has 1 rings (SSSR count). The average molecular weight is 234 g/mol. The highest BCUT2D eigenvalue weighted by atomic mass is 35.5. The zero-order valence-electron chi connectivity index (χ0n) is 7.45. The van der Waals surface area contributed by atoms with E-state index in [1.165, 1.54) is 5.38 Å². The summed E-state index contributed by atoms with van der Waals surface area (Å²) in [5.74, 6) is -0.909. The molecule has 0 bridgehead atoms. The zero-order valence-corrected chi connectivity index (χ0v) is 9.02. The molecule has 14 heavy (non-hydrogen) atoms. The van der Waals surface area contributed by atoms with E-state index in [1.807, 2.05) is 0 Å². The summed E-state index contributed by atoms with van der Waals surface area (Å²) in [4.78, 5) is 26.0. The highest BCUT2D eigenvalue weighted by Crippen LogP contribution is 2.16. The molecule has 76 valence electrons. The molecule has 0 radical (unpaired) electrons. The maximum atomic E-state index is 11.3. The van der Waals surface area contributed by atoms with Crippen molar-refractivity contribution in [2.24, 2.45) is 0 Å². The predicted octanol–water partition coefficient (Wildman–Crippen LogP) is 1.93. The number of hydrogen-bond acceptors (Lipinski definition) is 5. The minimum atomic E-state index is -0.540. The number of Topliss-reactive ketones (excluding diaryl/α,β-unsaturated/α-hetero) is 1. The maximum Gasteiger partial charge on any atom is 0.313 e. The number of ketones is 1. The summed E-state index contributed by atoms with van der Waals surface area (Å²) < 4.78 is 4.91. The van der Waals surface area contributed by atoms with Crippen LogP contribution in [0.2, 0.25) is 4.47 Å². The van der Waals surface area contributed by atoms with Gasteiger partial charge in [0.2, 0.25) is 0 Å². The van der Waals surface area contributed by atoms with Crippen LogP contribution in [-0.2, 0) is 9.53 Å². The molecule has 1 aromatic heterocycles. The Morgan fingerprint density at radius 1 is 1.64 bits per heavy atom. The van der Waals surface area contributed by atoms with Crippen LogP contribution in [0.1, 0.15) is 23.8 Å². The monoisotopic (exact) mass is 233 g/mol. The number of thiazole rings is 1. The normalized spacial score (nSPS) is 9.86. The molecule has 0 amide bonds. The molecule has 1 heterocycles. The van der Waals surface area contributed by atoms with Crippen LogP contribution < -0.4 is 0 Å². The van der Waals surface area contributed by atoms with Crippen LogP contribution in [0.5, 0.6) is 0 Å². The maximum absolute atomic E-state index is 11.3. The van der Waals surface area contributed by atoms with Gasteiger partial charge in [0, 0.05) is 5.38 Å². The van der Waals surface area contributed by atoms with Crippen molar-refractivity contribution in [1.29, 1.82) is 0 Å². The number of ether oxygens (including phenoxy) is 1. The van der Waals surface area contributed by atoms with Gasteiger partial charge in [0.05, 0.1) is 6.61 Å². The number of esters is 1. The lowest BCUT2D eigenvalue weighted by Gasteiger charge is -1.98. The van der Waals surface area contributed by atoms with Crippen LogP contribution in [-0.4, -0.2) is 23.3 Å². The lowest BCUT2D eigenvalue weighted by atomic mass is 10.2. The van der Waals surface area contributed by atoms with Gasteiger partial charge in [0.15, 0.2) is 10.3 Å². The first-order valence-electron chi connectivity index (χ1n) is 3.93. The van der Waals surface area contributed by atoms with E-state index < -0.39 is 5.97 Å². The van der Waals surface area contributed by atoms with Gasteiger partial charge in [-0.1, -0.05) is 11.6 Å². The van der Waals surface area contributed by atoms with Crippen molar-refractivity contribution in [3.63, 3.8) is 0 Å². The number of carbonyl (C=O) groups excluding carboxylic acids is 2. The SMILES string of the molecule is CCOC(=O)CC(=O)c1csc(Cl)n1. The second-order valence-electron chi connectivity index (χ2n) is 2.39. The Kier molecular flexibility index (Phi) is 4.03. The van der Waals surface area contributed by atoms with Crippen molar-refractivity contribution in [2.75, 3.05) is 6.61 Å². The lowest BCUT2D eigenvalue weighted by Crippen LogP contribution is -2.11. The first kappa shape index (κ1) is 11.1. The molecular formula is C8H8ClNO3S. The third kappa shape index (κ3) is 3.08. The molecule has 0 aliphatic carbocycles. The lowest BCUT2D eigenvalue weighted by molar-refractivity contribution is -0.141. The average Bonchev–Trinajstić information content (AvgIpc) is 2.52. The summed E-state index contributed by atoms with van der Waals surface area (Å²) in [6.07, 6.45) is -0.284. The molecule has 0 aromatic carbocycles. The van der Waals surface area contributed by atoms with Gasteiger partial charge in [0.25, 0.3) is 0 Å². The molecule has 0 spiro atoms. The van der Waals surface area contributed by atoms with Gasteiger partial charge in [-0.3, -0.25) is 9.59 Å². The molecule has 0 N–H and O–H groups in total. The van der Waals surface area contributed by atoms with E-state index in [0.29, 0.717) is 0 Å². The van der Waals surface area contributed by atoms with E-state index >= 15 is 0 Å². The molecule has 0 fully saturated rings. The van der Waals surface area contributed by atoms with Gasteiger partial charge in [0.1, 0.15) is 12.1 Å². The molecule has 0 atom stereocenters. The van der Waals surface area contributed by atoms with E-state index in [-0.39, 0.29) is 29.0 Å². The Morgan fingerprint density at radius 2 is 2.36 bits per heavy atom. The molecule has 6 heteroatoms. The van der Waals surface area contributed by atoms with E-state index in [2.05, 4.69) is 9.72 Å². The summed E-state index contributed by atoms with van der Waals surface area (Å²) in [5.41, 5.74) is 0.216. The van der Waals surface area contributed by atoms with E-state index in [9.17, 15) is 9.59 Å². The summed E-state index contributed by atoms with van der Waals surface area (Å²) in [7, 11) is 0. The number of hydrogen-bond donors (Lipinski definition) is 0. The largest absolute Gasteiger partial charge is 0.466 e. The van der Waals surface area contributed by atoms with E-state index in [1.54, 1.807) is 6.92 Å². The fourth-order valence-corrected chi connectivity index (χ4v) is 1.58. The highest BCUT2D eigenvalue weighted by Gasteiger charge is 2.15. The molecule has 0 aliphatic heterocycles. The van der Waals surface area contributed by atoms with Crippen LogP contribution in [0.4, 0.5) is 0 Å². The molecule has 0 unspecified atom stereocenters. The van der Waals surface area contributed by atoms with Gasteiger partial charge in [-0.05, 0) is 6.92 Å². The molecule has 4 nitrogen and oxygen atoms in total. The van der Waals surface area contributed by atoms with Crippen molar-refractivity contribution in [3.05, 3.63) is 15.5 Å². The van der Waals surface area contributed by atoms with Crippen LogP contribution in [0, 0.1) is 0 Å². The van der Waals surface area contributed by atoms with Gasteiger partial charge in [-0.25, -0.2) is 4.98 Å². The quantitative estimate of drug-likeness (QED) is 0.453. The third-order valence-electron chi connectivity index (χ3n) is 1.37. The predicted molar refractivity (Wildman–Crippen MR) is 52.7 cm³/mol. The zero-order chi connectivity index (χ0) is 10.6. The molecular weight excluding hydrogens is 226 g/mol. The van der Waals surface area contributed by atoms with Crippen molar-refractivity contribution in [1.82, 2.24) is 4.98 Å². The summed E-state index contributed by atoms with van der Waals surface area (Å²) >= 11 is 6.70. The van der Waals surface area contributed by atoms with Crippen LogP contribution >= 0.6 is 22.9 Å². The van der Waals surface area contributed by atoms with Crippen LogP contribution in [0.25, 0.3) is 0 Å². The Morgan fingerprint density at radius 3 is 2.86 bits per heavy atom. The van der Waals surface area contributed by atoms with Gasteiger partial charge < -0.3 is 4.74 Å². The molecule has 0 aliphatic rings. The summed E-state index contributed by atoms with van der Waals surface area (Å²) in [5, 5.41) is 1.52. The number of carbonyl (C=O) groups is 2. The smallest absolute Gasteiger partial charge is 0.313 e. The van der Waals surface area contributed by atoms with Crippen LogP contribution in [0.3, 0.4) is 0 Å². The van der Waals surface area contributed by atoms with Crippen molar-refractivity contribution in [3.8, 4) is 0 Å². The fourth-order valence-electron chi connectivity index (χ4n) is 0.814.